The lowest BCUT2D eigenvalue weighted by Gasteiger charge is -2.36. The van der Waals surface area contributed by atoms with Crippen molar-refractivity contribution in [3.05, 3.63) is 23.8 Å². The molecule has 1 aromatic carbocycles. The van der Waals surface area contributed by atoms with E-state index in [0.29, 0.717) is 11.5 Å². The van der Waals surface area contributed by atoms with E-state index >= 15 is 0 Å². The van der Waals surface area contributed by atoms with E-state index in [1.165, 1.54) is 12.1 Å². The molecule has 0 spiro atoms. The number of hydrogen-bond donors (Lipinski definition) is 2. The van der Waals surface area contributed by atoms with Gasteiger partial charge in [0.2, 0.25) is 0 Å². The molecule has 1 fully saturated rings. The standard InChI is InChI=1S/C17H25F3N2O2.2ClH/c1-12(2)3-5-15(22-9-7-21-8-10-22)14-11-13(4-6-16(14)23)24-17(18,19)20;;/h4,6,11-12,15,21,23H,3,5,7-10H2,1-2H3;2*1H/t15-;;/m1../s1. The molecule has 4 nitrogen and oxygen atoms in total. The second-order valence-corrected chi connectivity index (χ2v) is 6.54. The molecule has 1 heterocycles. The zero-order valence-corrected chi connectivity index (χ0v) is 16.5. The molecule has 2 rings (SSSR count). The van der Waals surface area contributed by atoms with Gasteiger partial charge in [-0.2, -0.15) is 0 Å². The number of hydrogen-bond acceptors (Lipinski definition) is 4. The van der Waals surface area contributed by atoms with Gasteiger partial charge in [0, 0.05) is 37.8 Å². The maximum Gasteiger partial charge on any atom is 0.573 e. The highest BCUT2D eigenvalue weighted by molar-refractivity contribution is 5.85. The maximum absolute atomic E-state index is 12.5. The Morgan fingerprint density at radius 2 is 1.77 bits per heavy atom. The summed E-state index contributed by atoms with van der Waals surface area (Å²) < 4.78 is 41.5. The number of halogens is 5. The number of benzene rings is 1. The van der Waals surface area contributed by atoms with Crippen molar-refractivity contribution < 1.29 is 23.0 Å². The molecule has 1 aliphatic rings. The molecule has 1 atom stereocenters. The van der Waals surface area contributed by atoms with E-state index < -0.39 is 6.36 Å². The van der Waals surface area contributed by atoms with Crippen LogP contribution in [-0.2, 0) is 0 Å². The molecule has 1 aliphatic heterocycles. The smallest absolute Gasteiger partial charge is 0.508 e. The van der Waals surface area contributed by atoms with Gasteiger partial charge in [-0.05, 0) is 37.0 Å². The number of piperazine rings is 1. The minimum absolute atomic E-state index is 0. The van der Waals surface area contributed by atoms with Gasteiger partial charge in [0.25, 0.3) is 0 Å². The van der Waals surface area contributed by atoms with E-state index in [0.717, 1.165) is 45.1 Å². The molecule has 9 heteroatoms. The van der Waals surface area contributed by atoms with Crippen LogP contribution in [0.1, 0.15) is 38.3 Å². The Morgan fingerprint density at radius 3 is 2.31 bits per heavy atom. The molecule has 152 valence electrons. The molecule has 0 saturated carbocycles. The number of rotatable bonds is 6. The first-order chi connectivity index (χ1) is 11.3. The molecule has 0 radical (unpaired) electrons. The van der Waals surface area contributed by atoms with Crippen LogP contribution in [0.25, 0.3) is 0 Å². The van der Waals surface area contributed by atoms with Crippen LogP contribution in [0.15, 0.2) is 18.2 Å². The van der Waals surface area contributed by atoms with Crippen LogP contribution in [0, 0.1) is 5.92 Å². The third-order valence-electron chi connectivity index (χ3n) is 4.20. The van der Waals surface area contributed by atoms with Gasteiger partial charge in [-0.15, -0.1) is 38.0 Å². The van der Waals surface area contributed by atoms with Gasteiger partial charge in [-0.3, -0.25) is 4.90 Å². The molecule has 0 aromatic heterocycles. The van der Waals surface area contributed by atoms with Gasteiger partial charge in [0.15, 0.2) is 0 Å². The van der Waals surface area contributed by atoms with Gasteiger partial charge in [0.1, 0.15) is 11.5 Å². The summed E-state index contributed by atoms with van der Waals surface area (Å²) in [6, 6.07) is 3.62. The van der Waals surface area contributed by atoms with Crippen molar-refractivity contribution in [3.8, 4) is 11.5 Å². The molecule has 0 unspecified atom stereocenters. The Balaban J connectivity index is 0.00000312. The van der Waals surface area contributed by atoms with Crippen molar-refractivity contribution >= 4 is 24.8 Å². The highest BCUT2D eigenvalue weighted by Gasteiger charge is 2.32. The zero-order chi connectivity index (χ0) is 17.7. The fourth-order valence-corrected chi connectivity index (χ4v) is 3.02. The predicted octanol–water partition coefficient (Wildman–Crippen LogP) is 4.52. The lowest BCUT2D eigenvalue weighted by Crippen LogP contribution is -2.45. The molecule has 26 heavy (non-hydrogen) atoms. The molecular weight excluding hydrogens is 392 g/mol. The van der Waals surface area contributed by atoms with Gasteiger partial charge in [-0.1, -0.05) is 13.8 Å². The van der Waals surface area contributed by atoms with Crippen molar-refractivity contribution in [2.24, 2.45) is 5.92 Å². The van der Waals surface area contributed by atoms with Crippen LogP contribution in [-0.4, -0.2) is 42.5 Å². The van der Waals surface area contributed by atoms with Crippen molar-refractivity contribution in [2.45, 2.75) is 39.1 Å². The van der Waals surface area contributed by atoms with E-state index in [9.17, 15) is 18.3 Å². The molecule has 1 aromatic rings. The average Bonchev–Trinajstić information content (AvgIpc) is 2.50. The highest BCUT2D eigenvalue weighted by atomic mass is 35.5. The minimum Gasteiger partial charge on any atom is -0.508 e. The van der Waals surface area contributed by atoms with Crippen LogP contribution >= 0.6 is 24.8 Å². The van der Waals surface area contributed by atoms with Gasteiger partial charge in [0.05, 0.1) is 0 Å². The highest BCUT2D eigenvalue weighted by Crippen LogP contribution is 2.37. The fourth-order valence-electron chi connectivity index (χ4n) is 3.02. The summed E-state index contributed by atoms with van der Waals surface area (Å²) in [4.78, 5) is 2.21. The van der Waals surface area contributed by atoms with E-state index in [-0.39, 0.29) is 42.4 Å². The Bertz CT molecular complexity index is 539. The van der Waals surface area contributed by atoms with Crippen LogP contribution in [0.4, 0.5) is 13.2 Å². The average molecular weight is 419 g/mol. The quantitative estimate of drug-likeness (QED) is 0.712. The van der Waals surface area contributed by atoms with Gasteiger partial charge < -0.3 is 15.2 Å². The molecule has 2 N–H and O–H groups in total. The Hall–Kier alpha value is -0.890. The lowest BCUT2D eigenvalue weighted by atomic mass is 9.95. The normalized spacial score (nSPS) is 16.5. The van der Waals surface area contributed by atoms with E-state index in [1.807, 2.05) is 0 Å². The van der Waals surface area contributed by atoms with Crippen molar-refractivity contribution in [2.75, 3.05) is 26.2 Å². The summed E-state index contributed by atoms with van der Waals surface area (Å²) in [5, 5.41) is 13.5. The summed E-state index contributed by atoms with van der Waals surface area (Å²) >= 11 is 0. The lowest BCUT2D eigenvalue weighted by molar-refractivity contribution is -0.274. The third kappa shape index (κ3) is 7.78. The van der Waals surface area contributed by atoms with Gasteiger partial charge in [-0.25, -0.2) is 0 Å². The van der Waals surface area contributed by atoms with Crippen LogP contribution in [0.5, 0.6) is 11.5 Å². The predicted molar refractivity (Wildman–Crippen MR) is 101 cm³/mol. The summed E-state index contributed by atoms with van der Waals surface area (Å²) in [6.45, 7) is 7.48. The van der Waals surface area contributed by atoms with E-state index in [2.05, 4.69) is 28.8 Å². The van der Waals surface area contributed by atoms with Crippen molar-refractivity contribution in [1.29, 1.82) is 0 Å². The summed E-state index contributed by atoms with van der Waals surface area (Å²) in [5.74, 6) is 0.198. The van der Waals surface area contributed by atoms with Crippen LogP contribution < -0.4 is 10.1 Å². The molecule has 0 bridgehead atoms. The van der Waals surface area contributed by atoms with Crippen LogP contribution in [0.2, 0.25) is 0 Å². The topological polar surface area (TPSA) is 44.7 Å². The van der Waals surface area contributed by atoms with Crippen molar-refractivity contribution in [3.63, 3.8) is 0 Å². The SMILES string of the molecule is CC(C)CC[C@H](c1cc(OC(F)(F)F)ccc1O)N1CCNCC1.Cl.Cl. The third-order valence-corrected chi connectivity index (χ3v) is 4.20. The molecule has 0 aliphatic carbocycles. The molecule has 0 amide bonds. The molecular formula is C17H27Cl2F3N2O2. The van der Waals surface area contributed by atoms with Crippen LogP contribution in [0.3, 0.4) is 0 Å². The Labute approximate surface area is 164 Å². The first kappa shape index (κ1) is 25.1. The number of aromatic hydroxyl groups is 1. The molecule has 1 saturated heterocycles. The first-order valence-electron chi connectivity index (χ1n) is 8.29. The summed E-state index contributed by atoms with van der Waals surface area (Å²) in [7, 11) is 0. The number of ether oxygens (including phenoxy) is 1. The monoisotopic (exact) mass is 418 g/mol. The Kier molecular flexibility index (Phi) is 10.7. The second kappa shape index (κ2) is 11.1. The van der Waals surface area contributed by atoms with E-state index in [4.69, 9.17) is 0 Å². The maximum atomic E-state index is 12.5. The fraction of sp³-hybridized carbons (Fsp3) is 0.647. The van der Waals surface area contributed by atoms with E-state index in [1.54, 1.807) is 0 Å². The largest absolute Gasteiger partial charge is 0.573 e. The summed E-state index contributed by atoms with van der Waals surface area (Å²) in [6.07, 6.45) is -3.03. The minimum atomic E-state index is -4.74. The van der Waals surface area contributed by atoms with Gasteiger partial charge >= 0.3 is 6.36 Å². The first-order valence-corrected chi connectivity index (χ1v) is 8.29. The number of nitrogens with zero attached hydrogens (tertiary/aromatic N) is 1. The number of phenolic OH excluding ortho intramolecular Hbond substituents is 1. The second-order valence-electron chi connectivity index (χ2n) is 6.54. The number of phenols is 1. The number of alkyl halides is 3. The zero-order valence-electron chi connectivity index (χ0n) is 14.9. The summed E-state index contributed by atoms with van der Waals surface area (Å²) in [5.41, 5.74) is 0.499. The van der Waals surface area contributed by atoms with Crippen molar-refractivity contribution in [1.82, 2.24) is 10.2 Å². The number of nitrogens with one attached hydrogen (secondary N) is 1. The Morgan fingerprint density at radius 1 is 1.15 bits per heavy atom.